The second-order valence-electron chi connectivity index (χ2n) is 7.53. The monoisotopic (exact) mass is 428 g/mol. The third kappa shape index (κ3) is 3.93. The Labute approximate surface area is 181 Å². The molecule has 2 aliphatic rings. The number of thioether (sulfide) groups is 1. The second-order valence-corrected chi connectivity index (χ2v) is 8.59. The fourth-order valence-electron chi connectivity index (χ4n) is 4.04. The average molecular weight is 429 g/mol. The molecule has 1 aliphatic heterocycles. The number of ketones is 1. The van der Waals surface area contributed by atoms with Crippen molar-refractivity contribution in [2.45, 2.75) is 56.6 Å². The van der Waals surface area contributed by atoms with Crippen LogP contribution in [0.2, 0.25) is 0 Å². The van der Waals surface area contributed by atoms with Gasteiger partial charge in [-0.05, 0) is 37.0 Å². The Morgan fingerprint density at radius 2 is 2.03 bits per heavy atom. The van der Waals surface area contributed by atoms with Gasteiger partial charge in [0.2, 0.25) is 11.1 Å². The molecule has 2 heterocycles. The van der Waals surface area contributed by atoms with E-state index in [-0.39, 0.29) is 11.8 Å². The molecule has 0 fully saturated rings. The van der Waals surface area contributed by atoms with Gasteiger partial charge in [-0.1, -0.05) is 37.6 Å². The lowest BCUT2D eigenvalue weighted by molar-refractivity contribution is -0.116. The van der Waals surface area contributed by atoms with Crippen LogP contribution in [-0.2, 0) is 4.79 Å². The van der Waals surface area contributed by atoms with Crippen molar-refractivity contribution in [2.24, 2.45) is 0 Å². The first kappa shape index (κ1) is 20.8. The summed E-state index contributed by atoms with van der Waals surface area (Å²) in [6.45, 7) is 2.20. The van der Waals surface area contributed by atoms with E-state index in [0.717, 1.165) is 47.0 Å². The number of carbonyl (C=O) groups is 1. The van der Waals surface area contributed by atoms with Gasteiger partial charge >= 0.3 is 0 Å². The average Bonchev–Trinajstić information content (AvgIpc) is 3.17. The van der Waals surface area contributed by atoms with Crippen molar-refractivity contribution in [1.29, 1.82) is 0 Å². The first-order valence-corrected chi connectivity index (χ1v) is 11.5. The Bertz CT molecular complexity index is 969. The van der Waals surface area contributed by atoms with E-state index in [1.807, 2.05) is 22.9 Å². The van der Waals surface area contributed by atoms with E-state index in [1.165, 1.54) is 12.8 Å². The number of aromatic nitrogens is 3. The summed E-state index contributed by atoms with van der Waals surface area (Å²) in [5.74, 6) is 3.15. The highest BCUT2D eigenvalue weighted by Crippen LogP contribution is 2.42. The van der Waals surface area contributed by atoms with E-state index < -0.39 is 0 Å². The van der Waals surface area contributed by atoms with Gasteiger partial charge in [-0.2, -0.15) is 4.98 Å². The highest BCUT2D eigenvalue weighted by atomic mass is 32.2. The zero-order valence-corrected chi connectivity index (χ0v) is 18.6. The summed E-state index contributed by atoms with van der Waals surface area (Å²) >= 11 is 1.67. The number of hydrogen-bond donors (Lipinski definition) is 1. The van der Waals surface area contributed by atoms with Crippen molar-refractivity contribution in [2.75, 3.05) is 25.3 Å². The molecule has 1 aromatic heterocycles. The number of rotatable bonds is 8. The van der Waals surface area contributed by atoms with Gasteiger partial charge in [0.15, 0.2) is 17.3 Å². The number of ether oxygens (including phenoxy) is 2. The number of unbranched alkanes of at least 4 members (excludes halogenated alkanes) is 2. The Morgan fingerprint density at radius 1 is 1.20 bits per heavy atom. The summed E-state index contributed by atoms with van der Waals surface area (Å²) in [7, 11) is 3.23. The molecule has 2 aromatic rings. The molecule has 7 nitrogen and oxygen atoms in total. The number of carbonyl (C=O) groups excluding carboxylic acids is 1. The molecule has 1 aliphatic carbocycles. The Morgan fingerprint density at radius 3 is 2.80 bits per heavy atom. The van der Waals surface area contributed by atoms with Crippen molar-refractivity contribution in [3.63, 3.8) is 0 Å². The van der Waals surface area contributed by atoms with Crippen LogP contribution in [0.15, 0.2) is 34.6 Å². The quantitative estimate of drug-likeness (QED) is 0.486. The van der Waals surface area contributed by atoms with Crippen LogP contribution in [0.4, 0.5) is 5.95 Å². The van der Waals surface area contributed by atoms with Gasteiger partial charge in [0.05, 0.1) is 14.2 Å². The molecule has 0 unspecified atom stereocenters. The smallest absolute Gasteiger partial charge is 0.227 e. The van der Waals surface area contributed by atoms with Crippen LogP contribution in [-0.4, -0.2) is 40.5 Å². The van der Waals surface area contributed by atoms with E-state index >= 15 is 0 Å². The molecule has 4 rings (SSSR count). The molecule has 0 radical (unpaired) electrons. The number of hydrogen-bond acceptors (Lipinski definition) is 7. The van der Waals surface area contributed by atoms with Gasteiger partial charge in [-0.15, -0.1) is 5.10 Å². The normalized spacial score (nSPS) is 18.0. The Balaban J connectivity index is 1.74. The van der Waals surface area contributed by atoms with Crippen LogP contribution in [0.25, 0.3) is 0 Å². The minimum absolute atomic E-state index is 0.168. The molecule has 0 saturated heterocycles. The number of allylic oxidation sites excluding steroid dienone is 2. The van der Waals surface area contributed by atoms with Crippen LogP contribution in [0, 0.1) is 0 Å². The maximum atomic E-state index is 12.9. The number of Topliss-reactive ketones (excluding diaryl/α,β-unsaturated/α-hetero) is 1. The Kier molecular flexibility index (Phi) is 6.32. The van der Waals surface area contributed by atoms with E-state index in [9.17, 15) is 4.79 Å². The van der Waals surface area contributed by atoms with Gasteiger partial charge in [-0.3, -0.25) is 4.79 Å². The van der Waals surface area contributed by atoms with Crippen LogP contribution in [0.5, 0.6) is 11.5 Å². The summed E-state index contributed by atoms with van der Waals surface area (Å²) in [5.41, 5.74) is 2.69. The lowest BCUT2D eigenvalue weighted by Crippen LogP contribution is -2.31. The predicted molar refractivity (Wildman–Crippen MR) is 117 cm³/mol. The van der Waals surface area contributed by atoms with Gasteiger partial charge in [0.25, 0.3) is 0 Å². The first-order valence-electron chi connectivity index (χ1n) is 10.5. The number of nitrogens with one attached hydrogen (secondary N) is 1. The SMILES string of the molecule is CCCCCSc1nc2n(n1)[C@@H](c1ccc(OC)c(OC)c1)C1=C(CCCC1=O)N2. The lowest BCUT2D eigenvalue weighted by atomic mass is 9.85. The first-order chi connectivity index (χ1) is 14.7. The summed E-state index contributed by atoms with van der Waals surface area (Å²) in [6, 6.07) is 5.46. The number of anilines is 1. The number of benzene rings is 1. The summed E-state index contributed by atoms with van der Waals surface area (Å²) < 4.78 is 12.8. The molecule has 1 aromatic carbocycles. The van der Waals surface area contributed by atoms with Gasteiger partial charge in [-0.25, -0.2) is 4.68 Å². The van der Waals surface area contributed by atoms with Crippen LogP contribution < -0.4 is 14.8 Å². The highest BCUT2D eigenvalue weighted by molar-refractivity contribution is 7.99. The Hall–Kier alpha value is -2.48. The third-order valence-corrected chi connectivity index (χ3v) is 6.47. The number of methoxy groups -OCH3 is 2. The summed E-state index contributed by atoms with van der Waals surface area (Å²) in [6.07, 6.45) is 5.80. The molecule has 0 saturated carbocycles. The topological polar surface area (TPSA) is 78.3 Å². The summed E-state index contributed by atoms with van der Waals surface area (Å²) in [4.78, 5) is 17.6. The van der Waals surface area contributed by atoms with Crippen molar-refractivity contribution in [3.8, 4) is 11.5 Å². The molecule has 0 spiro atoms. The minimum atomic E-state index is -0.318. The van der Waals surface area contributed by atoms with Crippen LogP contribution in [0.1, 0.15) is 57.1 Å². The maximum absolute atomic E-state index is 12.9. The largest absolute Gasteiger partial charge is 0.493 e. The van der Waals surface area contributed by atoms with Gasteiger partial charge in [0, 0.05) is 23.4 Å². The molecule has 1 atom stereocenters. The molecule has 1 N–H and O–H groups in total. The highest BCUT2D eigenvalue weighted by Gasteiger charge is 2.37. The molecule has 0 bridgehead atoms. The van der Waals surface area contributed by atoms with Crippen LogP contribution in [0.3, 0.4) is 0 Å². The third-order valence-electron chi connectivity index (χ3n) is 5.55. The fraction of sp³-hybridized carbons (Fsp3) is 0.500. The molecular formula is C22H28N4O3S. The van der Waals surface area contributed by atoms with Crippen molar-refractivity contribution in [1.82, 2.24) is 14.8 Å². The molecular weight excluding hydrogens is 400 g/mol. The lowest BCUT2D eigenvalue weighted by Gasteiger charge is -2.32. The molecule has 8 heteroatoms. The maximum Gasteiger partial charge on any atom is 0.227 e. The fourth-order valence-corrected chi connectivity index (χ4v) is 4.87. The van der Waals surface area contributed by atoms with E-state index in [4.69, 9.17) is 19.6 Å². The molecule has 30 heavy (non-hydrogen) atoms. The zero-order valence-electron chi connectivity index (χ0n) is 17.7. The molecule has 160 valence electrons. The van der Waals surface area contributed by atoms with Crippen molar-refractivity contribution >= 4 is 23.5 Å². The van der Waals surface area contributed by atoms with Crippen LogP contribution >= 0.6 is 11.8 Å². The van der Waals surface area contributed by atoms with E-state index in [1.54, 1.807) is 26.0 Å². The number of nitrogens with zero attached hydrogens (tertiary/aromatic N) is 3. The van der Waals surface area contributed by atoms with Crippen molar-refractivity contribution in [3.05, 3.63) is 35.0 Å². The van der Waals surface area contributed by atoms with Crippen molar-refractivity contribution < 1.29 is 14.3 Å². The molecule has 0 amide bonds. The van der Waals surface area contributed by atoms with E-state index in [2.05, 4.69) is 12.2 Å². The predicted octanol–water partition coefficient (Wildman–Crippen LogP) is 4.60. The van der Waals surface area contributed by atoms with E-state index in [0.29, 0.717) is 23.9 Å². The minimum Gasteiger partial charge on any atom is -0.493 e. The van der Waals surface area contributed by atoms with Gasteiger partial charge in [0.1, 0.15) is 6.04 Å². The standard InChI is InChI=1S/C22H28N4O3S/c1-4-5-6-12-30-22-24-21-23-15-8-7-9-16(27)19(15)20(26(21)25-22)14-10-11-17(28-2)18(13-14)29-3/h10-11,13,20H,4-9,12H2,1-3H3,(H,23,24,25)/t20-/m0/s1. The summed E-state index contributed by atoms with van der Waals surface area (Å²) in [5, 5.41) is 8.90. The van der Waals surface area contributed by atoms with Gasteiger partial charge < -0.3 is 14.8 Å². The second kappa shape index (κ2) is 9.12. The zero-order chi connectivity index (χ0) is 21.1. The number of fused-ring (bicyclic) bond motifs is 1.